The molecule has 0 bridgehead atoms. The van der Waals surface area contributed by atoms with Crippen LogP contribution in [0.1, 0.15) is 21.5 Å². The number of aliphatic hydroxyl groups excluding tert-OH is 1. The van der Waals surface area contributed by atoms with Crippen LogP contribution in [-0.4, -0.2) is 93.5 Å². The van der Waals surface area contributed by atoms with Crippen molar-refractivity contribution in [3.05, 3.63) is 156 Å². The van der Waals surface area contributed by atoms with Crippen molar-refractivity contribution < 1.29 is 38.3 Å². The van der Waals surface area contributed by atoms with Crippen LogP contribution in [0.2, 0.25) is 0 Å². The van der Waals surface area contributed by atoms with Crippen molar-refractivity contribution in [3.8, 4) is 17.2 Å². The first kappa shape index (κ1) is 44.3. The minimum Gasteiger partial charge on any atom is -0.491 e. The highest BCUT2D eigenvalue weighted by molar-refractivity contribution is 6.11. The summed E-state index contributed by atoms with van der Waals surface area (Å²) in [5.41, 5.74) is 5.11. The van der Waals surface area contributed by atoms with Crippen LogP contribution in [0.3, 0.4) is 0 Å². The molecule has 4 N–H and O–H groups in total. The van der Waals surface area contributed by atoms with Crippen molar-refractivity contribution in [2.24, 2.45) is 0 Å². The SMILES string of the molecule is COC(=O)c1ccc2c(c1)nc(Nc1cccc(NCCOCCOCCNC[C@@H](O)COc3ccc(OCc4ccccc4)c(OCCc4ccccc4)c3)c1)c1ccncc12. The second-order valence-electron chi connectivity index (χ2n) is 14.6. The normalized spacial score (nSPS) is 11.6. The zero-order valence-electron chi connectivity index (χ0n) is 35.3. The van der Waals surface area contributed by atoms with Gasteiger partial charge in [-0.1, -0.05) is 72.8 Å². The van der Waals surface area contributed by atoms with Crippen LogP contribution in [0, 0.1) is 0 Å². The molecule has 13 nitrogen and oxygen atoms in total. The van der Waals surface area contributed by atoms with E-state index in [-0.39, 0.29) is 6.61 Å². The predicted molar refractivity (Wildman–Crippen MR) is 245 cm³/mol. The van der Waals surface area contributed by atoms with E-state index in [9.17, 15) is 9.90 Å². The molecular weight excluding hydrogens is 799 g/mol. The minimum absolute atomic E-state index is 0.113. The van der Waals surface area contributed by atoms with Crippen molar-refractivity contribution in [2.45, 2.75) is 19.1 Å². The van der Waals surface area contributed by atoms with Gasteiger partial charge >= 0.3 is 5.97 Å². The smallest absolute Gasteiger partial charge is 0.337 e. The van der Waals surface area contributed by atoms with Crippen LogP contribution in [0.5, 0.6) is 17.2 Å². The molecule has 0 spiro atoms. The third-order valence-corrected chi connectivity index (χ3v) is 9.98. The Morgan fingerprint density at radius 2 is 1.46 bits per heavy atom. The van der Waals surface area contributed by atoms with Gasteiger partial charge in [0.05, 0.1) is 51.2 Å². The number of carbonyl (C=O) groups excluding carboxylic acids is 1. The van der Waals surface area contributed by atoms with Crippen molar-refractivity contribution in [2.75, 3.05) is 77.0 Å². The third kappa shape index (κ3) is 13.4. The largest absolute Gasteiger partial charge is 0.491 e. The van der Waals surface area contributed by atoms with Gasteiger partial charge in [0.15, 0.2) is 11.5 Å². The molecule has 7 rings (SSSR count). The summed E-state index contributed by atoms with van der Waals surface area (Å²) in [5, 5.41) is 23.4. The van der Waals surface area contributed by atoms with Crippen LogP contribution in [-0.2, 0) is 27.2 Å². The molecule has 13 heteroatoms. The number of esters is 1. The second kappa shape index (κ2) is 23.4. The molecule has 0 unspecified atom stereocenters. The number of aromatic nitrogens is 2. The van der Waals surface area contributed by atoms with Gasteiger partial charge in [-0.2, -0.15) is 0 Å². The number of methoxy groups -OCH3 is 1. The van der Waals surface area contributed by atoms with Gasteiger partial charge in [-0.15, -0.1) is 0 Å². The zero-order chi connectivity index (χ0) is 43.5. The summed E-state index contributed by atoms with van der Waals surface area (Å²) in [6, 6.07) is 40.8. The summed E-state index contributed by atoms with van der Waals surface area (Å²) in [6.07, 6.45) is 3.58. The Balaban J connectivity index is 0.770. The lowest BCUT2D eigenvalue weighted by Gasteiger charge is -2.17. The monoisotopic (exact) mass is 851 g/mol. The number of benzene rings is 5. The fourth-order valence-corrected chi connectivity index (χ4v) is 6.75. The highest BCUT2D eigenvalue weighted by Gasteiger charge is 2.14. The molecule has 0 aliphatic rings. The van der Waals surface area contributed by atoms with Gasteiger partial charge in [-0.05, 0) is 59.7 Å². The third-order valence-electron chi connectivity index (χ3n) is 9.98. The minimum atomic E-state index is -0.718. The molecule has 0 fully saturated rings. The lowest BCUT2D eigenvalue weighted by atomic mass is 10.1. The van der Waals surface area contributed by atoms with E-state index in [1.807, 2.05) is 103 Å². The number of rotatable bonds is 25. The Kier molecular flexibility index (Phi) is 16.5. The maximum atomic E-state index is 12.2. The predicted octanol–water partition coefficient (Wildman–Crippen LogP) is 7.99. The number of carbonyl (C=O) groups is 1. The second-order valence-corrected chi connectivity index (χ2v) is 14.6. The van der Waals surface area contributed by atoms with Crippen molar-refractivity contribution in [1.29, 1.82) is 0 Å². The lowest BCUT2D eigenvalue weighted by Crippen LogP contribution is -2.33. The van der Waals surface area contributed by atoms with Gasteiger partial charge in [0.25, 0.3) is 0 Å². The lowest BCUT2D eigenvalue weighted by molar-refractivity contribution is 0.0506. The number of nitrogens with zero attached hydrogens (tertiary/aromatic N) is 2. The number of hydrogen-bond donors (Lipinski definition) is 4. The van der Waals surface area contributed by atoms with E-state index >= 15 is 0 Å². The van der Waals surface area contributed by atoms with E-state index in [1.54, 1.807) is 24.5 Å². The molecule has 0 radical (unpaired) electrons. The van der Waals surface area contributed by atoms with E-state index in [4.69, 9.17) is 33.4 Å². The number of fused-ring (bicyclic) bond motifs is 3. The highest BCUT2D eigenvalue weighted by atomic mass is 16.5. The van der Waals surface area contributed by atoms with E-state index in [2.05, 4.69) is 33.1 Å². The zero-order valence-corrected chi connectivity index (χ0v) is 35.3. The van der Waals surface area contributed by atoms with Gasteiger partial charge in [0.2, 0.25) is 0 Å². The van der Waals surface area contributed by atoms with Gasteiger partial charge < -0.3 is 49.5 Å². The van der Waals surface area contributed by atoms with Crippen LogP contribution in [0.15, 0.2) is 140 Å². The quantitative estimate of drug-likeness (QED) is 0.0250. The molecule has 0 saturated carbocycles. The van der Waals surface area contributed by atoms with Crippen molar-refractivity contribution in [3.63, 3.8) is 0 Å². The average molecular weight is 852 g/mol. The summed E-state index contributed by atoms with van der Waals surface area (Å²) < 4.78 is 34.6. The number of anilines is 3. The van der Waals surface area contributed by atoms with Crippen molar-refractivity contribution >= 4 is 44.8 Å². The average Bonchev–Trinajstić information content (AvgIpc) is 3.32. The topological polar surface area (TPSA) is 155 Å². The number of hydrogen-bond acceptors (Lipinski definition) is 13. The maximum Gasteiger partial charge on any atom is 0.337 e. The number of pyridine rings is 2. The molecule has 0 amide bonds. The standard InChI is InChI=1S/C50H53N5O8/c1-58-50(57)38-15-17-43-45-33-51-21-19-44(45)49(55-46(43)29-38)54-40-14-8-13-39(30-40)53-23-26-60-28-27-59-25-22-52-32-41(56)35-62-42-16-18-47(63-34-37-11-6-3-7-12-37)48(31-42)61-24-20-36-9-4-2-5-10-36/h2-19,21,29-31,33,41,52-53,56H,20,22-28,32,34-35H2,1H3,(H,54,55)/t41-/m1/s1. The van der Waals surface area contributed by atoms with Crippen LogP contribution in [0.25, 0.3) is 21.7 Å². The Bertz CT molecular complexity index is 2510. The van der Waals surface area contributed by atoms with Crippen LogP contribution >= 0.6 is 0 Å². The van der Waals surface area contributed by atoms with Crippen molar-refractivity contribution in [1.82, 2.24) is 15.3 Å². The fourth-order valence-electron chi connectivity index (χ4n) is 6.75. The molecule has 0 aliphatic carbocycles. The van der Waals surface area contributed by atoms with Crippen LogP contribution in [0.4, 0.5) is 17.2 Å². The fraction of sp³-hybridized carbons (Fsp3) is 0.260. The van der Waals surface area contributed by atoms with Gasteiger partial charge in [0, 0.05) is 72.0 Å². The molecular formula is C50H53N5O8. The Morgan fingerprint density at radius 3 is 2.27 bits per heavy atom. The Hall–Kier alpha value is -6.77. The summed E-state index contributed by atoms with van der Waals surface area (Å²) in [4.78, 5) is 21.4. The van der Waals surface area contributed by atoms with E-state index in [0.29, 0.717) is 93.4 Å². The summed E-state index contributed by atoms with van der Waals surface area (Å²) in [7, 11) is 1.36. The summed E-state index contributed by atoms with van der Waals surface area (Å²) >= 11 is 0. The number of ether oxygens (including phenoxy) is 6. The molecule has 5 aromatic carbocycles. The molecule has 63 heavy (non-hydrogen) atoms. The molecule has 0 saturated heterocycles. The Morgan fingerprint density at radius 1 is 0.683 bits per heavy atom. The summed E-state index contributed by atoms with van der Waals surface area (Å²) in [5.74, 6) is 2.04. The van der Waals surface area contributed by atoms with Gasteiger partial charge in [0.1, 0.15) is 30.9 Å². The first-order valence-electron chi connectivity index (χ1n) is 21.0. The summed E-state index contributed by atoms with van der Waals surface area (Å²) in [6.45, 7) is 4.44. The van der Waals surface area contributed by atoms with E-state index in [0.717, 1.165) is 39.5 Å². The molecule has 7 aromatic rings. The molecule has 2 aromatic heterocycles. The first-order chi connectivity index (χ1) is 31.0. The van der Waals surface area contributed by atoms with E-state index < -0.39 is 12.1 Å². The molecule has 326 valence electrons. The highest BCUT2D eigenvalue weighted by Crippen LogP contribution is 2.34. The molecule has 0 aliphatic heterocycles. The number of aliphatic hydroxyl groups is 1. The molecule has 2 heterocycles. The van der Waals surface area contributed by atoms with Gasteiger partial charge in [-0.25, -0.2) is 9.78 Å². The first-order valence-corrected chi connectivity index (χ1v) is 21.0. The Labute approximate surface area is 367 Å². The maximum absolute atomic E-state index is 12.2. The van der Waals surface area contributed by atoms with Crippen LogP contribution < -0.4 is 30.2 Å². The van der Waals surface area contributed by atoms with Gasteiger partial charge in [-0.3, -0.25) is 4.98 Å². The number of nitrogens with one attached hydrogen (secondary N) is 3. The molecule has 1 atom stereocenters. The van der Waals surface area contributed by atoms with E-state index in [1.165, 1.54) is 12.7 Å².